The van der Waals surface area contributed by atoms with Gasteiger partial charge < -0.3 is 15.8 Å². The first kappa shape index (κ1) is 17.3. The van der Waals surface area contributed by atoms with E-state index in [0.29, 0.717) is 19.6 Å². The zero-order chi connectivity index (χ0) is 16.7. The van der Waals surface area contributed by atoms with Crippen molar-refractivity contribution in [1.29, 1.82) is 0 Å². The molecule has 1 heterocycles. The number of carbonyl (C=O) groups excluding carboxylic acids is 2. The average molecular weight is 319 g/mol. The lowest BCUT2D eigenvalue weighted by Gasteiger charge is -2.30. The van der Waals surface area contributed by atoms with Gasteiger partial charge in [0.2, 0.25) is 11.8 Å². The van der Waals surface area contributed by atoms with Crippen molar-refractivity contribution in [3.8, 4) is 5.75 Å². The van der Waals surface area contributed by atoms with E-state index in [4.69, 9.17) is 10.5 Å². The van der Waals surface area contributed by atoms with Crippen molar-refractivity contribution in [1.82, 2.24) is 10.2 Å². The van der Waals surface area contributed by atoms with E-state index in [9.17, 15) is 9.59 Å². The molecule has 0 radical (unpaired) electrons. The third-order valence-corrected chi connectivity index (χ3v) is 4.18. The topological polar surface area (TPSA) is 84.7 Å². The maximum Gasteiger partial charge on any atom is 0.234 e. The van der Waals surface area contributed by atoms with Crippen LogP contribution in [0.3, 0.4) is 0 Å². The van der Waals surface area contributed by atoms with Crippen LogP contribution in [-0.4, -0.2) is 50.0 Å². The van der Waals surface area contributed by atoms with E-state index in [1.165, 1.54) is 0 Å². The summed E-state index contributed by atoms with van der Waals surface area (Å²) in [5.74, 6) is 0.406. The van der Waals surface area contributed by atoms with Crippen molar-refractivity contribution in [2.45, 2.75) is 19.3 Å². The second-order valence-electron chi connectivity index (χ2n) is 5.89. The van der Waals surface area contributed by atoms with Crippen molar-refractivity contribution in [2.75, 3.05) is 33.3 Å². The van der Waals surface area contributed by atoms with Gasteiger partial charge in [0.15, 0.2) is 0 Å². The first-order valence-corrected chi connectivity index (χ1v) is 8.00. The quantitative estimate of drug-likeness (QED) is 0.769. The number of likely N-dealkylation sites (tertiary alicyclic amines) is 1. The molecule has 0 aromatic heterocycles. The van der Waals surface area contributed by atoms with Crippen LogP contribution in [0.25, 0.3) is 0 Å². The van der Waals surface area contributed by atoms with E-state index in [1.54, 1.807) is 7.11 Å². The fraction of sp³-hybridized carbons (Fsp3) is 0.529. The molecule has 1 aromatic carbocycles. The highest BCUT2D eigenvalue weighted by atomic mass is 16.5. The second kappa shape index (κ2) is 8.53. The third-order valence-electron chi connectivity index (χ3n) is 4.18. The molecule has 1 aliphatic rings. The van der Waals surface area contributed by atoms with E-state index >= 15 is 0 Å². The molecule has 6 nitrogen and oxygen atoms in total. The van der Waals surface area contributed by atoms with Gasteiger partial charge in [-0.2, -0.15) is 0 Å². The van der Waals surface area contributed by atoms with Gasteiger partial charge in [-0.25, -0.2) is 0 Å². The van der Waals surface area contributed by atoms with E-state index < -0.39 is 0 Å². The van der Waals surface area contributed by atoms with E-state index in [-0.39, 0.29) is 17.7 Å². The number of primary amides is 1. The predicted octanol–water partition coefficient (Wildman–Crippen LogP) is 0.551. The molecule has 126 valence electrons. The molecular weight excluding hydrogens is 294 g/mol. The van der Waals surface area contributed by atoms with Gasteiger partial charge in [0, 0.05) is 13.1 Å². The fourth-order valence-electron chi connectivity index (χ4n) is 2.94. The van der Waals surface area contributed by atoms with E-state index in [0.717, 1.165) is 37.1 Å². The fourth-order valence-corrected chi connectivity index (χ4v) is 2.94. The molecule has 1 saturated heterocycles. The Morgan fingerprint density at radius 1 is 1.39 bits per heavy atom. The molecule has 0 bridgehead atoms. The summed E-state index contributed by atoms with van der Waals surface area (Å²) in [6.07, 6.45) is 2.45. The lowest BCUT2D eigenvalue weighted by atomic mass is 9.97. The van der Waals surface area contributed by atoms with Crippen molar-refractivity contribution < 1.29 is 14.3 Å². The minimum Gasteiger partial charge on any atom is -0.496 e. The van der Waals surface area contributed by atoms with Gasteiger partial charge in [0.05, 0.1) is 19.6 Å². The summed E-state index contributed by atoms with van der Waals surface area (Å²) in [7, 11) is 1.64. The molecule has 0 unspecified atom stereocenters. The molecule has 0 spiro atoms. The smallest absolute Gasteiger partial charge is 0.234 e. The Balaban J connectivity index is 1.74. The number of nitrogens with two attached hydrogens (primary N) is 1. The lowest BCUT2D eigenvalue weighted by molar-refractivity contribution is -0.126. The van der Waals surface area contributed by atoms with Crippen molar-refractivity contribution >= 4 is 11.8 Å². The number of methoxy groups -OCH3 is 1. The Kier molecular flexibility index (Phi) is 6.40. The molecule has 0 saturated carbocycles. The van der Waals surface area contributed by atoms with Crippen LogP contribution in [0, 0.1) is 5.92 Å². The molecule has 1 aliphatic heterocycles. The van der Waals surface area contributed by atoms with E-state index in [1.807, 2.05) is 29.2 Å². The molecule has 23 heavy (non-hydrogen) atoms. The molecule has 2 amide bonds. The summed E-state index contributed by atoms with van der Waals surface area (Å²) in [4.78, 5) is 25.3. The molecule has 0 aliphatic carbocycles. The summed E-state index contributed by atoms with van der Waals surface area (Å²) in [5.41, 5.74) is 6.43. The standard InChI is InChI=1S/C17H25N3O3/c1-23-15-7-3-2-5-13(15)8-9-19-16(21)12-20-10-4-6-14(11-20)17(18)22/h2-3,5,7,14H,4,6,8-12H2,1H3,(H2,18,22)(H,19,21)/t14-/m1/s1. The summed E-state index contributed by atoms with van der Waals surface area (Å²) in [6, 6.07) is 7.78. The number of benzene rings is 1. The van der Waals surface area contributed by atoms with Crippen molar-refractivity contribution in [3.63, 3.8) is 0 Å². The predicted molar refractivity (Wildman–Crippen MR) is 88.1 cm³/mol. The number of nitrogens with one attached hydrogen (secondary N) is 1. The largest absolute Gasteiger partial charge is 0.496 e. The van der Waals surface area contributed by atoms with Gasteiger partial charge in [0.1, 0.15) is 5.75 Å². The van der Waals surface area contributed by atoms with E-state index in [2.05, 4.69) is 5.32 Å². The number of hydrogen-bond acceptors (Lipinski definition) is 4. The summed E-state index contributed by atoms with van der Waals surface area (Å²) in [5, 5.41) is 2.92. The highest BCUT2D eigenvalue weighted by molar-refractivity contribution is 5.79. The molecule has 1 atom stereocenters. The highest BCUT2D eigenvalue weighted by Crippen LogP contribution is 2.17. The minimum atomic E-state index is -0.272. The number of amides is 2. The Morgan fingerprint density at radius 2 is 2.17 bits per heavy atom. The second-order valence-corrected chi connectivity index (χ2v) is 5.89. The third kappa shape index (κ3) is 5.25. The van der Waals surface area contributed by atoms with Gasteiger partial charge in [-0.3, -0.25) is 14.5 Å². The van der Waals surface area contributed by atoms with Crippen molar-refractivity contribution in [2.24, 2.45) is 11.7 Å². The van der Waals surface area contributed by atoms with Gasteiger partial charge in [-0.15, -0.1) is 0 Å². The molecule has 2 rings (SSSR count). The van der Waals surface area contributed by atoms with Crippen LogP contribution in [0.4, 0.5) is 0 Å². The summed E-state index contributed by atoms with van der Waals surface area (Å²) >= 11 is 0. The Labute approximate surface area is 137 Å². The van der Waals surface area contributed by atoms with Crippen LogP contribution >= 0.6 is 0 Å². The Bertz CT molecular complexity index is 548. The molecular formula is C17H25N3O3. The van der Waals surface area contributed by atoms with Gasteiger partial charge >= 0.3 is 0 Å². The number of para-hydroxylation sites is 1. The molecule has 6 heteroatoms. The zero-order valence-electron chi connectivity index (χ0n) is 13.6. The lowest BCUT2D eigenvalue weighted by Crippen LogP contribution is -2.45. The maximum absolute atomic E-state index is 12.0. The maximum atomic E-state index is 12.0. The molecule has 1 fully saturated rings. The van der Waals surface area contributed by atoms with Crippen molar-refractivity contribution in [3.05, 3.63) is 29.8 Å². The van der Waals surface area contributed by atoms with Gasteiger partial charge in [-0.05, 0) is 37.4 Å². The Morgan fingerprint density at radius 3 is 2.91 bits per heavy atom. The number of ether oxygens (including phenoxy) is 1. The number of piperidine rings is 1. The minimum absolute atomic E-state index is 0.0231. The van der Waals surface area contributed by atoms with Gasteiger partial charge in [-0.1, -0.05) is 18.2 Å². The van der Waals surface area contributed by atoms with Crippen LogP contribution in [0.2, 0.25) is 0 Å². The van der Waals surface area contributed by atoms with Crippen LogP contribution in [0.1, 0.15) is 18.4 Å². The van der Waals surface area contributed by atoms with Crippen LogP contribution < -0.4 is 15.8 Å². The normalized spacial score (nSPS) is 18.4. The Hall–Kier alpha value is -2.08. The average Bonchev–Trinajstić information content (AvgIpc) is 2.55. The first-order chi connectivity index (χ1) is 11.1. The van der Waals surface area contributed by atoms with Crippen LogP contribution in [0.15, 0.2) is 24.3 Å². The number of rotatable bonds is 7. The summed E-state index contributed by atoms with van der Waals surface area (Å²) in [6.45, 7) is 2.29. The van der Waals surface area contributed by atoms with Crippen LogP contribution in [0.5, 0.6) is 5.75 Å². The highest BCUT2D eigenvalue weighted by Gasteiger charge is 2.24. The summed E-state index contributed by atoms with van der Waals surface area (Å²) < 4.78 is 5.29. The van der Waals surface area contributed by atoms with Gasteiger partial charge in [0.25, 0.3) is 0 Å². The number of hydrogen-bond donors (Lipinski definition) is 2. The molecule has 1 aromatic rings. The first-order valence-electron chi connectivity index (χ1n) is 8.00. The molecule has 3 N–H and O–H groups in total. The monoisotopic (exact) mass is 319 g/mol. The number of nitrogens with zero attached hydrogens (tertiary/aromatic N) is 1. The zero-order valence-corrected chi connectivity index (χ0v) is 13.6. The van der Waals surface area contributed by atoms with Crippen LogP contribution in [-0.2, 0) is 16.0 Å². The number of carbonyl (C=O) groups is 2. The SMILES string of the molecule is COc1ccccc1CCNC(=O)CN1CCC[C@@H](C(N)=O)C1.